The van der Waals surface area contributed by atoms with Gasteiger partial charge in [0.25, 0.3) is 5.91 Å². The molecule has 3 heterocycles. The van der Waals surface area contributed by atoms with E-state index < -0.39 is 0 Å². The first-order valence-corrected chi connectivity index (χ1v) is 7.17. The van der Waals surface area contributed by atoms with E-state index in [0.29, 0.717) is 16.9 Å². The number of pyridine rings is 1. The molecule has 5 nitrogen and oxygen atoms in total. The Morgan fingerprint density at radius 1 is 1.22 bits per heavy atom. The van der Waals surface area contributed by atoms with E-state index in [2.05, 4.69) is 15.3 Å². The average molecular weight is 308 g/mol. The van der Waals surface area contributed by atoms with Crippen molar-refractivity contribution in [3.8, 4) is 0 Å². The Kier molecular flexibility index (Phi) is 3.08. The largest absolute Gasteiger partial charge is 0.361 e. The predicted molar refractivity (Wildman–Crippen MR) is 84.6 cm³/mol. The fraction of sp³-hybridized carbons (Fsp3) is 0.0588. The number of benzene rings is 1. The van der Waals surface area contributed by atoms with E-state index in [4.69, 9.17) is 0 Å². The SMILES string of the molecule is O=C(NCc1cn2cc(F)ccc2n1)c1ccc2cc[nH]c2c1. The Balaban J connectivity index is 1.51. The zero-order valence-electron chi connectivity index (χ0n) is 12.1. The van der Waals surface area contributed by atoms with Gasteiger partial charge in [0.15, 0.2) is 0 Å². The van der Waals surface area contributed by atoms with Crippen molar-refractivity contribution in [2.75, 3.05) is 0 Å². The summed E-state index contributed by atoms with van der Waals surface area (Å²) in [5, 5.41) is 3.88. The van der Waals surface area contributed by atoms with E-state index in [1.165, 1.54) is 12.3 Å². The fourth-order valence-corrected chi connectivity index (χ4v) is 2.56. The van der Waals surface area contributed by atoms with E-state index in [0.717, 1.165) is 10.9 Å². The lowest BCUT2D eigenvalue weighted by molar-refractivity contribution is 0.0950. The molecule has 1 aromatic carbocycles. The van der Waals surface area contributed by atoms with Crippen molar-refractivity contribution in [2.45, 2.75) is 6.54 Å². The number of nitrogens with zero attached hydrogens (tertiary/aromatic N) is 2. The first-order chi connectivity index (χ1) is 11.2. The third kappa shape index (κ3) is 2.55. The molecular formula is C17H13FN4O. The number of halogens is 1. The van der Waals surface area contributed by atoms with Gasteiger partial charge in [0, 0.05) is 29.7 Å². The molecule has 0 atom stereocenters. The van der Waals surface area contributed by atoms with E-state index in [1.54, 1.807) is 22.7 Å². The number of rotatable bonds is 3. The minimum Gasteiger partial charge on any atom is -0.361 e. The Morgan fingerprint density at radius 2 is 2.13 bits per heavy atom. The van der Waals surface area contributed by atoms with Crippen LogP contribution in [0.4, 0.5) is 4.39 Å². The minimum absolute atomic E-state index is 0.176. The Bertz CT molecular complexity index is 1020. The van der Waals surface area contributed by atoms with Crippen LogP contribution in [0.3, 0.4) is 0 Å². The van der Waals surface area contributed by atoms with Crippen molar-refractivity contribution >= 4 is 22.5 Å². The van der Waals surface area contributed by atoms with Crippen LogP contribution in [0.15, 0.2) is 55.0 Å². The maximum atomic E-state index is 13.2. The number of aromatic nitrogens is 3. The summed E-state index contributed by atoms with van der Waals surface area (Å²) in [5.74, 6) is -0.505. The molecule has 6 heteroatoms. The molecule has 114 valence electrons. The lowest BCUT2D eigenvalue weighted by Crippen LogP contribution is -2.22. The van der Waals surface area contributed by atoms with Gasteiger partial charge in [0.2, 0.25) is 0 Å². The second kappa shape index (κ2) is 5.24. The molecule has 0 spiro atoms. The van der Waals surface area contributed by atoms with Crippen LogP contribution in [0, 0.1) is 5.82 Å². The van der Waals surface area contributed by atoms with Crippen molar-refractivity contribution in [1.29, 1.82) is 0 Å². The van der Waals surface area contributed by atoms with Crippen molar-refractivity contribution in [3.63, 3.8) is 0 Å². The lowest BCUT2D eigenvalue weighted by Gasteiger charge is -2.03. The number of amides is 1. The van der Waals surface area contributed by atoms with Gasteiger partial charge in [-0.1, -0.05) is 6.07 Å². The highest BCUT2D eigenvalue weighted by atomic mass is 19.1. The number of nitrogens with one attached hydrogen (secondary N) is 2. The smallest absolute Gasteiger partial charge is 0.251 e. The third-order valence-corrected chi connectivity index (χ3v) is 3.71. The van der Waals surface area contributed by atoms with E-state index >= 15 is 0 Å². The predicted octanol–water partition coefficient (Wildman–Crippen LogP) is 2.88. The summed E-state index contributed by atoms with van der Waals surface area (Å²) in [7, 11) is 0. The van der Waals surface area contributed by atoms with Crippen LogP contribution < -0.4 is 5.32 Å². The average Bonchev–Trinajstić information content (AvgIpc) is 3.17. The molecule has 0 aliphatic heterocycles. The van der Waals surface area contributed by atoms with Crippen molar-refractivity contribution < 1.29 is 9.18 Å². The second-order valence-electron chi connectivity index (χ2n) is 5.31. The molecule has 0 aliphatic rings. The highest BCUT2D eigenvalue weighted by molar-refractivity contribution is 5.97. The molecule has 2 N–H and O–H groups in total. The van der Waals surface area contributed by atoms with Gasteiger partial charge in [-0.3, -0.25) is 4.79 Å². The van der Waals surface area contributed by atoms with E-state index in [1.807, 2.05) is 24.4 Å². The summed E-state index contributed by atoms with van der Waals surface area (Å²) in [6, 6.07) is 10.4. The van der Waals surface area contributed by atoms with Crippen LogP contribution in [0.5, 0.6) is 0 Å². The van der Waals surface area contributed by atoms with Crippen LogP contribution in [-0.4, -0.2) is 20.3 Å². The summed E-state index contributed by atoms with van der Waals surface area (Å²) in [5.41, 5.74) is 2.81. The van der Waals surface area contributed by atoms with Gasteiger partial charge in [-0.15, -0.1) is 0 Å². The summed E-state index contributed by atoms with van der Waals surface area (Å²) in [6.45, 7) is 0.283. The molecule has 0 unspecified atom stereocenters. The Labute approximate surface area is 130 Å². The molecule has 23 heavy (non-hydrogen) atoms. The van der Waals surface area contributed by atoms with Crippen LogP contribution in [0.25, 0.3) is 16.6 Å². The number of imidazole rings is 1. The molecule has 0 aliphatic carbocycles. The van der Waals surface area contributed by atoms with Gasteiger partial charge in [-0.2, -0.15) is 0 Å². The Hall–Kier alpha value is -3.15. The molecule has 4 rings (SSSR count). The number of H-pyrrole nitrogens is 1. The molecule has 3 aromatic heterocycles. The Morgan fingerprint density at radius 3 is 3.04 bits per heavy atom. The maximum Gasteiger partial charge on any atom is 0.251 e. The first-order valence-electron chi connectivity index (χ1n) is 7.17. The number of hydrogen-bond donors (Lipinski definition) is 2. The van der Waals surface area contributed by atoms with Crippen molar-refractivity contribution in [1.82, 2.24) is 19.7 Å². The molecule has 1 amide bonds. The van der Waals surface area contributed by atoms with Gasteiger partial charge in [0.05, 0.1) is 12.2 Å². The number of carbonyl (C=O) groups is 1. The van der Waals surface area contributed by atoms with Crippen LogP contribution in [0.2, 0.25) is 0 Å². The van der Waals surface area contributed by atoms with Gasteiger partial charge in [-0.25, -0.2) is 9.37 Å². The molecule has 0 saturated carbocycles. The van der Waals surface area contributed by atoms with Crippen LogP contribution in [-0.2, 0) is 6.54 Å². The number of hydrogen-bond acceptors (Lipinski definition) is 2. The normalized spacial score (nSPS) is 11.2. The minimum atomic E-state index is -0.329. The topological polar surface area (TPSA) is 62.2 Å². The first kappa shape index (κ1) is 13.5. The monoisotopic (exact) mass is 308 g/mol. The quantitative estimate of drug-likeness (QED) is 0.611. The maximum absolute atomic E-state index is 13.2. The molecule has 4 aromatic rings. The van der Waals surface area contributed by atoms with Crippen LogP contribution in [0.1, 0.15) is 16.1 Å². The van der Waals surface area contributed by atoms with Gasteiger partial charge in [-0.05, 0) is 35.7 Å². The van der Waals surface area contributed by atoms with E-state index in [-0.39, 0.29) is 18.3 Å². The molecule has 0 radical (unpaired) electrons. The summed E-state index contributed by atoms with van der Waals surface area (Å²) in [4.78, 5) is 19.7. The second-order valence-corrected chi connectivity index (χ2v) is 5.31. The van der Waals surface area contributed by atoms with Crippen molar-refractivity contribution in [2.24, 2.45) is 0 Å². The summed E-state index contributed by atoms with van der Waals surface area (Å²) < 4.78 is 14.8. The lowest BCUT2D eigenvalue weighted by atomic mass is 10.1. The number of aromatic amines is 1. The van der Waals surface area contributed by atoms with Gasteiger partial charge < -0.3 is 14.7 Å². The fourth-order valence-electron chi connectivity index (χ4n) is 2.56. The standard InChI is InChI=1S/C17H13FN4O/c18-13-3-4-16-21-14(10-22(16)9-13)8-20-17(23)12-2-1-11-5-6-19-15(11)7-12/h1-7,9-10,19H,8H2,(H,20,23). The zero-order chi connectivity index (χ0) is 15.8. The van der Waals surface area contributed by atoms with Crippen LogP contribution >= 0.6 is 0 Å². The van der Waals surface area contributed by atoms with E-state index in [9.17, 15) is 9.18 Å². The molecule has 0 saturated heterocycles. The zero-order valence-corrected chi connectivity index (χ0v) is 12.1. The highest BCUT2D eigenvalue weighted by Crippen LogP contribution is 2.14. The number of fused-ring (bicyclic) bond motifs is 2. The number of carbonyl (C=O) groups excluding carboxylic acids is 1. The molecule has 0 fully saturated rings. The molecular weight excluding hydrogens is 295 g/mol. The van der Waals surface area contributed by atoms with Gasteiger partial charge in [0.1, 0.15) is 11.5 Å². The summed E-state index contributed by atoms with van der Waals surface area (Å²) in [6.07, 6.45) is 4.89. The van der Waals surface area contributed by atoms with Crippen molar-refractivity contribution in [3.05, 3.63) is 72.1 Å². The third-order valence-electron chi connectivity index (χ3n) is 3.71. The van der Waals surface area contributed by atoms with Gasteiger partial charge >= 0.3 is 0 Å². The summed E-state index contributed by atoms with van der Waals surface area (Å²) >= 11 is 0. The highest BCUT2D eigenvalue weighted by Gasteiger charge is 2.08. The molecule has 0 bridgehead atoms.